The number of carbonyl (C=O) groups excluding carboxylic acids is 1. The Morgan fingerprint density at radius 1 is 0.970 bits per heavy atom. The Labute approximate surface area is 187 Å². The van der Waals surface area contributed by atoms with E-state index in [1.165, 1.54) is 12.3 Å². The number of hydrogen-bond acceptors (Lipinski definition) is 5. The molecule has 4 aromatic rings. The van der Waals surface area contributed by atoms with Gasteiger partial charge in [-0.3, -0.25) is 4.98 Å². The summed E-state index contributed by atoms with van der Waals surface area (Å²) >= 11 is 0. The van der Waals surface area contributed by atoms with Gasteiger partial charge in [-0.2, -0.15) is 13.2 Å². The summed E-state index contributed by atoms with van der Waals surface area (Å²) in [6, 6.07) is 19.4. The van der Waals surface area contributed by atoms with E-state index in [-0.39, 0.29) is 17.7 Å². The maximum absolute atomic E-state index is 13.1. The summed E-state index contributed by atoms with van der Waals surface area (Å²) in [5.74, 6) is 0.661. The van der Waals surface area contributed by atoms with E-state index in [2.05, 4.69) is 10.3 Å². The number of benzene rings is 3. The largest absolute Gasteiger partial charge is 0.462 e. The molecule has 0 atom stereocenters. The first kappa shape index (κ1) is 22.1. The second kappa shape index (κ2) is 9.20. The van der Waals surface area contributed by atoms with Gasteiger partial charge in [-0.15, -0.1) is 0 Å². The summed E-state index contributed by atoms with van der Waals surface area (Å²) in [5.41, 5.74) is 0.315. The van der Waals surface area contributed by atoms with Gasteiger partial charge in [-0.25, -0.2) is 4.79 Å². The van der Waals surface area contributed by atoms with Crippen molar-refractivity contribution in [1.29, 1.82) is 0 Å². The predicted molar refractivity (Wildman–Crippen MR) is 119 cm³/mol. The van der Waals surface area contributed by atoms with Gasteiger partial charge in [0, 0.05) is 17.3 Å². The lowest BCUT2D eigenvalue weighted by Gasteiger charge is -2.16. The smallest absolute Gasteiger partial charge is 0.416 e. The molecule has 0 spiro atoms. The molecule has 1 heterocycles. The fourth-order valence-electron chi connectivity index (χ4n) is 3.24. The van der Waals surface area contributed by atoms with Crippen LogP contribution in [0.1, 0.15) is 22.8 Å². The van der Waals surface area contributed by atoms with Crippen LogP contribution in [-0.2, 0) is 10.9 Å². The van der Waals surface area contributed by atoms with Crippen LogP contribution in [0.3, 0.4) is 0 Å². The number of para-hydroxylation sites is 1. The van der Waals surface area contributed by atoms with E-state index < -0.39 is 17.7 Å². The van der Waals surface area contributed by atoms with E-state index in [0.29, 0.717) is 28.3 Å². The van der Waals surface area contributed by atoms with Crippen LogP contribution >= 0.6 is 0 Å². The lowest BCUT2D eigenvalue weighted by molar-refractivity contribution is -0.137. The summed E-state index contributed by atoms with van der Waals surface area (Å²) in [4.78, 5) is 16.5. The number of aromatic nitrogens is 1. The van der Waals surface area contributed by atoms with Crippen molar-refractivity contribution in [3.05, 3.63) is 90.1 Å². The molecule has 0 saturated heterocycles. The number of nitrogens with one attached hydrogen (secondary N) is 1. The van der Waals surface area contributed by atoms with Crippen LogP contribution in [0.4, 0.5) is 24.5 Å². The standard InChI is InChI=1S/C25H19F3N2O3/c1-2-32-24(31)21-15-29-22-14-16(25(26,27)28)8-13-20(22)23(21)30-17-9-11-19(12-10-17)33-18-6-4-3-5-7-18/h3-15H,2H2,1H3,(H,29,30). The van der Waals surface area contributed by atoms with Gasteiger partial charge in [-0.1, -0.05) is 24.3 Å². The second-order valence-corrected chi connectivity index (χ2v) is 7.06. The minimum Gasteiger partial charge on any atom is -0.462 e. The third-order valence-corrected chi connectivity index (χ3v) is 4.79. The number of fused-ring (bicyclic) bond motifs is 1. The van der Waals surface area contributed by atoms with Gasteiger partial charge in [0.1, 0.15) is 17.1 Å². The Bertz CT molecular complexity index is 1270. The average Bonchev–Trinajstić information content (AvgIpc) is 2.80. The normalized spacial score (nSPS) is 11.3. The number of esters is 1. The van der Waals surface area contributed by atoms with Crippen LogP contribution < -0.4 is 10.1 Å². The summed E-state index contributed by atoms with van der Waals surface area (Å²) in [6.07, 6.45) is -3.28. The van der Waals surface area contributed by atoms with Gasteiger partial charge in [0.2, 0.25) is 0 Å². The van der Waals surface area contributed by atoms with E-state index in [9.17, 15) is 18.0 Å². The molecule has 0 fully saturated rings. The van der Waals surface area contributed by atoms with Crippen molar-refractivity contribution < 1.29 is 27.4 Å². The van der Waals surface area contributed by atoms with Crippen molar-refractivity contribution in [2.24, 2.45) is 0 Å². The zero-order valence-corrected chi connectivity index (χ0v) is 17.5. The van der Waals surface area contributed by atoms with Gasteiger partial charge in [0.05, 0.1) is 23.4 Å². The average molecular weight is 452 g/mol. The van der Waals surface area contributed by atoms with E-state index in [4.69, 9.17) is 9.47 Å². The lowest BCUT2D eigenvalue weighted by atomic mass is 10.1. The molecule has 0 aliphatic heterocycles. The van der Waals surface area contributed by atoms with Crippen molar-refractivity contribution in [3.63, 3.8) is 0 Å². The molecule has 0 bridgehead atoms. The molecule has 0 aliphatic rings. The minimum atomic E-state index is -4.50. The van der Waals surface area contributed by atoms with Crippen molar-refractivity contribution in [3.8, 4) is 11.5 Å². The van der Waals surface area contributed by atoms with Gasteiger partial charge in [-0.05, 0) is 55.5 Å². The number of ether oxygens (including phenoxy) is 2. The molecule has 0 amide bonds. The fraction of sp³-hybridized carbons (Fsp3) is 0.120. The van der Waals surface area contributed by atoms with Crippen molar-refractivity contribution >= 4 is 28.2 Å². The number of nitrogens with zero attached hydrogens (tertiary/aromatic N) is 1. The Morgan fingerprint density at radius 3 is 2.33 bits per heavy atom. The Morgan fingerprint density at radius 2 is 1.67 bits per heavy atom. The van der Waals surface area contributed by atoms with Gasteiger partial charge in [0.15, 0.2) is 0 Å². The molecule has 3 aromatic carbocycles. The van der Waals surface area contributed by atoms with Crippen LogP contribution in [0, 0.1) is 0 Å². The first-order valence-electron chi connectivity index (χ1n) is 10.1. The molecule has 0 saturated carbocycles. The monoisotopic (exact) mass is 452 g/mol. The van der Waals surface area contributed by atoms with E-state index in [1.54, 1.807) is 31.2 Å². The maximum atomic E-state index is 13.1. The number of alkyl halides is 3. The molecule has 0 aliphatic carbocycles. The quantitative estimate of drug-likeness (QED) is 0.320. The molecule has 0 radical (unpaired) electrons. The highest BCUT2D eigenvalue weighted by molar-refractivity contribution is 6.06. The molecule has 1 N–H and O–H groups in total. The van der Waals surface area contributed by atoms with Crippen LogP contribution in [0.25, 0.3) is 10.9 Å². The van der Waals surface area contributed by atoms with Crippen molar-refractivity contribution in [1.82, 2.24) is 4.98 Å². The van der Waals surface area contributed by atoms with E-state index in [0.717, 1.165) is 12.1 Å². The minimum absolute atomic E-state index is 0.101. The highest BCUT2D eigenvalue weighted by atomic mass is 19.4. The molecular weight excluding hydrogens is 433 g/mol. The van der Waals surface area contributed by atoms with Crippen LogP contribution in [-0.4, -0.2) is 17.6 Å². The van der Waals surface area contributed by atoms with Gasteiger partial charge >= 0.3 is 12.1 Å². The van der Waals surface area contributed by atoms with Gasteiger partial charge < -0.3 is 14.8 Å². The number of pyridine rings is 1. The lowest BCUT2D eigenvalue weighted by Crippen LogP contribution is -2.10. The Balaban J connectivity index is 1.69. The third-order valence-electron chi connectivity index (χ3n) is 4.79. The Hall–Kier alpha value is -4.07. The third kappa shape index (κ3) is 5.06. The van der Waals surface area contributed by atoms with Crippen molar-refractivity contribution in [2.45, 2.75) is 13.1 Å². The molecule has 8 heteroatoms. The molecule has 0 unspecified atom stereocenters. The zero-order valence-electron chi connectivity index (χ0n) is 17.5. The molecule has 168 valence electrons. The number of carbonyl (C=O) groups is 1. The first-order valence-corrected chi connectivity index (χ1v) is 10.1. The van der Waals surface area contributed by atoms with E-state index in [1.807, 2.05) is 30.3 Å². The summed E-state index contributed by atoms with van der Waals surface area (Å²) < 4.78 is 50.3. The number of hydrogen-bond donors (Lipinski definition) is 1. The fourth-order valence-corrected chi connectivity index (χ4v) is 3.24. The first-order chi connectivity index (χ1) is 15.8. The summed E-state index contributed by atoms with van der Waals surface area (Å²) in [7, 11) is 0. The number of anilines is 2. The summed E-state index contributed by atoms with van der Waals surface area (Å²) in [5, 5.41) is 3.49. The highest BCUT2D eigenvalue weighted by Gasteiger charge is 2.31. The molecule has 4 rings (SSSR count). The second-order valence-electron chi connectivity index (χ2n) is 7.06. The highest BCUT2D eigenvalue weighted by Crippen LogP contribution is 2.35. The van der Waals surface area contributed by atoms with Crippen LogP contribution in [0.5, 0.6) is 11.5 Å². The topological polar surface area (TPSA) is 60.5 Å². The molecule has 1 aromatic heterocycles. The Kier molecular flexibility index (Phi) is 6.17. The summed E-state index contributed by atoms with van der Waals surface area (Å²) in [6.45, 7) is 1.81. The van der Waals surface area contributed by atoms with Crippen LogP contribution in [0.15, 0.2) is 79.0 Å². The van der Waals surface area contributed by atoms with Crippen molar-refractivity contribution in [2.75, 3.05) is 11.9 Å². The van der Waals surface area contributed by atoms with E-state index >= 15 is 0 Å². The molecular formula is C25H19F3N2O3. The maximum Gasteiger partial charge on any atom is 0.416 e. The zero-order chi connectivity index (χ0) is 23.4. The number of halogens is 3. The SMILES string of the molecule is CCOC(=O)c1cnc2cc(C(F)(F)F)ccc2c1Nc1ccc(Oc2ccccc2)cc1. The number of rotatable bonds is 6. The molecule has 33 heavy (non-hydrogen) atoms. The predicted octanol–water partition coefficient (Wildman–Crippen LogP) is 6.97. The van der Waals surface area contributed by atoms with Gasteiger partial charge in [0.25, 0.3) is 0 Å². The van der Waals surface area contributed by atoms with Crippen LogP contribution in [0.2, 0.25) is 0 Å². The molecule has 5 nitrogen and oxygen atoms in total.